The summed E-state index contributed by atoms with van der Waals surface area (Å²) in [6.45, 7) is 6.68. The molecule has 0 aliphatic rings. The van der Waals surface area contributed by atoms with Crippen LogP contribution in [0.3, 0.4) is 0 Å². The molecule has 0 nitrogen and oxygen atoms in total. The van der Waals surface area contributed by atoms with Crippen LogP contribution < -0.4 is 0 Å². The smallest absolute Gasteiger partial charge is 0.0474 e. The number of hydrogen-bond donors (Lipinski definition) is 0. The van der Waals surface area contributed by atoms with Crippen molar-refractivity contribution in [2.45, 2.75) is 38.5 Å². The Balaban J connectivity index is 2.22. The van der Waals surface area contributed by atoms with Crippen molar-refractivity contribution in [3.05, 3.63) is 69.7 Å². The Hall–Kier alpha value is -0.980. The Morgan fingerprint density at radius 3 is 2.05 bits per heavy atom. The summed E-state index contributed by atoms with van der Waals surface area (Å²) in [4.78, 5) is 0. The highest BCUT2D eigenvalue weighted by atomic mass is 35.5. The van der Waals surface area contributed by atoms with E-state index in [-0.39, 0.29) is 5.41 Å². The van der Waals surface area contributed by atoms with Crippen LogP contribution in [0.25, 0.3) is 0 Å². The van der Waals surface area contributed by atoms with Crippen LogP contribution in [0, 0.1) is 0 Å². The zero-order valence-electron chi connectivity index (χ0n) is 12.2. The van der Waals surface area contributed by atoms with Gasteiger partial charge in [0.15, 0.2) is 0 Å². The number of benzene rings is 2. The minimum Gasteiger partial charge on any atom is -0.122 e. The van der Waals surface area contributed by atoms with Crippen LogP contribution in [-0.4, -0.2) is 0 Å². The van der Waals surface area contributed by atoms with Crippen molar-refractivity contribution in [3.63, 3.8) is 0 Å². The Morgan fingerprint density at radius 2 is 1.50 bits per heavy atom. The van der Waals surface area contributed by atoms with Gasteiger partial charge in [0, 0.05) is 10.9 Å². The number of hydrogen-bond acceptors (Lipinski definition) is 0. The minimum atomic E-state index is 0.189. The van der Waals surface area contributed by atoms with Gasteiger partial charge in [-0.05, 0) is 40.2 Å². The van der Waals surface area contributed by atoms with Crippen molar-refractivity contribution >= 4 is 23.2 Å². The molecule has 2 heteroatoms. The van der Waals surface area contributed by atoms with Gasteiger partial charge >= 0.3 is 0 Å². The lowest BCUT2D eigenvalue weighted by molar-refractivity contribution is 0.590. The lowest BCUT2D eigenvalue weighted by Gasteiger charge is -2.19. The van der Waals surface area contributed by atoms with E-state index in [0.717, 1.165) is 22.6 Å². The molecule has 106 valence electrons. The van der Waals surface area contributed by atoms with Gasteiger partial charge in [0.1, 0.15) is 0 Å². The molecule has 0 atom stereocenters. The molecule has 0 radical (unpaired) electrons. The van der Waals surface area contributed by atoms with E-state index in [4.69, 9.17) is 23.2 Å². The molecule has 0 aromatic heterocycles. The molecule has 0 aliphatic heterocycles. The second-order valence-electron chi connectivity index (χ2n) is 6.18. The standard InChI is InChI=1S/C18H20Cl2/c1-18(2,3)16-7-4-13(5-8-16)10-15-11-14(12-19)6-9-17(15)20/h4-9,11H,10,12H2,1-3H3. The van der Waals surface area contributed by atoms with Gasteiger partial charge in [0.05, 0.1) is 0 Å². The Bertz CT molecular complexity index is 577. The van der Waals surface area contributed by atoms with Crippen LogP contribution >= 0.6 is 23.2 Å². The van der Waals surface area contributed by atoms with Gasteiger partial charge in [-0.15, -0.1) is 11.6 Å². The highest BCUT2D eigenvalue weighted by Crippen LogP contribution is 2.25. The maximum Gasteiger partial charge on any atom is 0.0474 e. The Labute approximate surface area is 131 Å². The molecule has 0 amide bonds. The summed E-state index contributed by atoms with van der Waals surface area (Å²) in [6.07, 6.45) is 0.841. The third kappa shape index (κ3) is 3.77. The van der Waals surface area contributed by atoms with Crippen LogP contribution in [0.15, 0.2) is 42.5 Å². The molecular weight excluding hydrogens is 287 g/mol. The number of rotatable bonds is 3. The first-order valence-corrected chi connectivity index (χ1v) is 7.74. The SMILES string of the molecule is CC(C)(C)c1ccc(Cc2cc(CCl)ccc2Cl)cc1. The molecule has 0 fully saturated rings. The van der Waals surface area contributed by atoms with E-state index in [2.05, 4.69) is 51.1 Å². The highest BCUT2D eigenvalue weighted by molar-refractivity contribution is 6.31. The summed E-state index contributed by atoms with van der Waals surface area (Å²) in [5.74, 6) is 0.521. The summed E-state index contributed by atoms with van der Waals surface area (Å²) < 4.78 is 0. The first-order valence-electron chi connectivity index (χ1n) is 6.83. The summed E-state index contributed by atoms with van der Waals surface area (Å²) >= 11 is 12.1. The number of alkyl halides is 1. The molecule has 0 unspecified atom stereocenters. The normalized spacial score (nSPS) is 11.7. The largest absolute Gasteiger partial charge is 0.122 e. The van der Waals surface area contributed by atoms with Crippen LogP contribution in [0.4, 0.5) is 0 Å². The van der Waals surface area contributed by atoms with E-state index in [1.807, 2.05) is 12.1 Å². The molecule has 0 heterocycles. The predicted molar refractivity (Wildman–Crippen MR) is 89.0 cm³/mol. The lowest BCUT2D eigenvalue weighted by atomic mass is 9.86. The van der Waals surface area contributed by atoms with Gasteiger partial charge in [-0.3, -0.25) is 0 Å². The van der Waals surface area contributed by atoms with Gasteiger partial charge in [-0.2, -0.15) is 0 Å². The lowest BCUT2D eigenvalue weighted by Crippen LogP contribution is -2.10. The molecule has 0 N–H and O–H groups in total. The Kier molecular flexibility index (Phi) is 4.78. The van der Waals surface area contributed by atoms with Crippen LogP contribution in [0.2, 0.25) is 5.02 Å². The zero-order valence-corrected chi connectivity index (χ0v) is 13.7. The average Bonchev–Trinajstić information content (AvgIpc) is 2.41. The fraction of sp³-hybridized carbons (Fsp3) is 0.333. The van der Waals surface area contributed by atoms with Gasteiger partial charge < -0.3 is 0 Å². The van der Waals surface area contributed by atoms with E-state index in [1.165, 1.54) is 11.1 Å². The van der Waals surface area contributed by atoms with Crippen LogP contribution in [-0.2, 0) is 17.7 Å². The first-order chi connectivity index (χ1) is 9.40. The molecule has 0 saturated heterocycles. The van der Waals surface area contributed by atoms with Crippen molar-refractivity contribution in [1.82, 2.24) is 0 Å². The second kappa shape index (κ2) is 6.20. The molecule has 2 rings (SSSR count). The molecule has 0 bridgehead atoms. The van der Waals surface area contributed by atoms with E-state index in [9.17, 15) is 0 Å². The highest BCUT2D eigenvalue weighted by Gasteiger charge is 2.13. The van der Waals surface area contributed by atoms with Crippen molar-refractivity contribution in [2.75, 3.05) is 0 Å². The van der Waals surface area contributed by atoms with E-state index in [0.29, 0.717) is 5.88 Å². The number of halogens is 2. The van der Waals surface area contributed by atoms with Crippen molar-refractivity contribution in [2.24, 2.45) is 0 Å². The zero-order chi connectivity index (χ0) is 14.8. The molecule has 2 aromatic rings. The van der Waals surface area contributed by atoms with Gasteiger partial charge in [0.2, 0.25) is 0 Å². The predicted octanol–water partition coefficient (Wildman–Crippen LogP) is 5.97. The average molecular weight is 307 g/mol. The maximum absolute atomic E-state index is 6.26. The minimum absolute atomic E-state index is 0.189. The van der Waals surface area contributed by atoms with Crippen LogP contribution in [0.1, 0.15) is 43.0 Å². The van der Waals surface area contributed by atoms with E-state index >= 15 is 0 Å². The van der Waals surface area contributed by atoms with Gasteiger partial charge in [0.25, 0.3) is 0 Å². The van der Waals surface area contributed by atoms with Gasteiger partial charge in [-0.1, -0.05) is 68.8 Å². The van der Waals surface area contributed by atoms with Crippen LogP contribution in [0.5, 0.6) is 0 Å². The van der Waals surface area contributed by atoms with Crippen molar-refractivity contribution in [1.29, 1.82) is 0 Å². The Morgan fingerprint density at radius 1 is 0.900 bits per heavy atom. The fourth-order valence-corrected chi connectivity index (χ4v) is 2.54. The van der Waals surface area contributed by atoms with Crippen molar-refractivity contribution in [3.8, 4) is 0 Å². The third-order valence-electron chi connectivity index (χ3n) is 3.48. The summed E-state index contributed by atoms with van der Waals surface area (Å²) in [5.41, 5.74) is 5.05. The molecule has 2 aromatic carbocycles. The molecule has 20 heavy (non-hydrogen) atoms. The van der Waals surface area contributed by atoms with E-state index in [1.54, 1.807) is 0 Å². The van der Waals surface area contributed by atoms with Crippen molar-refractivity contribution < 1.29 is 0 Å². The molecular formula is C18H20Cl2. The topological polar surface area (TPSA) is 0 Å². The maximum atomic E-state index is 6.26. The summed E-state index contributed by atoms with van der Waals surface area (Å²) in [5, 5.41) is 0.804. The monoisotopic (exact) mass is 306 g/mol. The first kappa shape index (κ1) is 15.4. The summed E-state index contributed by atoms with van der Waals surface area (Å²) in [6, 6.07) is 14.8. The van der Waals surface area contributed by atoms with E-state index < -0.39 is 0 Å². The second-order valence-corrected chi connectivity index (χ2v) is 6.86. The summed E-state index contributed by atoms with van der Waals surface area (Å²) in [7, 11) is 0. The fourth-order valence-electron chi connectivity index (χ4n) is 2.19. The molecule has 0 aliphatic carbocycles. The molecule has 0 saturated carbocycles. The quantitative estimate of drug-likeness (QED) is 0.613. The third-order valence-corrected chi connectivity index (χ3v) is 4.16. The van der Waals surface area contributed by atoms with Gasteiger partial charge in [-0.25, -0.2) is 0 Å². The molecule has 0 spiro atoms.